The first-order valence-electron chi connectivity index (χ1n) is 12.9. The van der Waals surface area contributed by atoms with Crippen LogP contribution in [-0.4, -0.2) is 56.5 Å². The lowest BCUT2D eigenvalue weighted by Gasteiger charge is -2.57. The van der Waals surface area contributed by atoms with Gasteiger partial charge >= 0.3 is 0 Å². The van der Waals surface area contributed by atoms with Crippen LogP contribution in [0, 0.1) is 0 Å². The first-order chi connectivity index (χ1) is 16.5. The molecular weight excluding hydrogens is 454 g/mol. The van der Waals surface area contributed by atoms with E-state index in [1.807, 2.05) is 19.9 Å². The first kappa shape index (κ1) is 26.5. The summed E-state index contributed by atoms with van der Waals surface area (Å²) < 4.78 is 25.8. The second-order valence-electron chi connectivity index (χ2n) is 11.9. The highest BCUT2D eigenvalue weighted by Gasteiger charge is 2.56. The van der Waals surface area contributed by atoms with Gasteiger partial charge in [0.05, 0.1) is 38.0 Å². The van der Waals surface area contributed by atoms with Crippen molar-refractivity contribution in [1.82, 2.24) is 4.90 Å². The van der Waals surface area contributed by atoms with Crippen molar-refractivity contribution in [3.05, 3.63) is 71.8 Å². The molecule has 0 bridgehead atoms. The number of likely N-dealkylation sites (tertiary alicyclic amines) is 1. The summed E-state index contributed by atoms with van der Waals surface area (Å²) in [7, 11) is -1.90. The quantitative estimate of drug-likeness (QED) is 0.398. The summed E-state index contributed by atoms with van der Waals surface area (Å²) in [6.07, 6.45) is -0.0372. The van der Waals surface area contributed by atoms with Gasteiger partial charge in [0.2, 0.25) is 0 Å². The number of rotatable bonds is 9. The average Bonchev–Trinajstić information content (AvgIpc) is 3.15. The minimum Gasteiger partial charge on any atom is -0.415 e. The maximum absolute atomic E-state index is 6.75. The van der Waals surface area contributed by atoms with E-state index in [9.17, 15) is 0 Å². The molecule has 2 aromatic rings. The SMILES string of the molecule is CC1(C)OC[C@H]([C@H]2[C@@H](OCc3ccccc3)[C@H](CO[Si](C)(C)C(C)(C)C)N2Cc2ccccc2)O1. The van der Waals surface area contributed by atoms with E-state index in [4.69, 9.17) is 18.6 Å². The summed E-state index contributed by atoms with van der Waals surface area (Å²) >= 11 is 0. The van der Waals surface area contributed by atoms with Crippen LogP contribution in [0.15, 0.2) is 60.7 Å². The van der Waals surface area contributed by atoms with Crippen molar-refractivity contribution in [1.29, 1.82) is 0 Å². The Bertz CT molecular complexity index is 944. The molecule has 0 saturated carbocycles. The van der Waals surface area contributed by atoms with E-state index < -0.39 is 14.1 Å². The Balaban J connectivity index is 1.58. The number of hydrogen-bond acceptors (Lipinski definition) is 5. The number of benzene rings is 2. The zero-order valence-electron chi connectivity index (χ0n) is 22.5. The maximum atomic E-state index is 6.75. The lowest BCUT2D eigenvalue weighted by molar-refractivity contribution is -0.217. The molecule has 0 amide bonds. The fraction of sp³-hybridized carbons (Fsp3) is 0.586. The highest BCUT2D eigenvalue weighted by molar-refractivity contribution is 6.74. The van der Waals surface area contributed by atoms with E-state index in [1.165, 1.54) is 11.1 Å². The van der Waals surface area contributed by atoms with Crippen LogP contribution >= 0.6 is 0 Å². The van der Waals surface area contributed by atoms with Gasteiger partial charge in [-0.25, -0.2) is 0 Å². The van der Waals surface area contributed by atoms with E-state index in [0.717, 1.165) is 6.54 Å². The van der Waals surface area contributed by atoms with E-state index in [1.54, 1.807) is 0 Å². The van der Waals surface area contributed by atoms with Gasteiger partial charge in [-0.15, -0.1) is 0 Å². The third kappa shape index (κ3) is 6.24. The summed E-state index contributed by atoms with van der Waals surface area (Å²) in [5.74, 6) is -0.574. The molecule has 0 spiro atoms. The summed E-state index contributed by atoms with van der Waals surface area (Å²) in [6, 6.07) is 21.3. The molecule has 0 aliphatic carbocycles. The van der Waals surface area contributed by atoms with E-state index in [0.29, 0.717) is 19.8 Å². The molecule has 0 N–H and O–H groups in total. The molecule has 2 heterocycles. The second kappa shape index (κ2) is 10.4. The van der Waals surface area contributed by atoms with E-state index in [2.05, 4.69) is 93.4 Å². The molecule has 5 nitrogen and oxygen atoms in total. The summed E-state index contributed by atoms with van der Waals surface area (Å²) in [5.41, 5.74) is 2.47. The van der Waals surface area contributed by atoms with Crippen molar-refractivity contribution in [2.45, 2.75) is 96.0 Å². The van der Waals surface area contributed by atoms with Crippen LogP contribution in [0.3, 0.4) is 0 Å². The Morgan fingerprint density at radius 2 is 1.57 bits per heavy atom. The smallest absolute Gasteiger partial charge is 0.192 e. The third-order valence-corrected chi connectivity index (χ3v) is 12.4. The van der Waals surface area contributed by atoms with E-state index >= 15 is 0 Å². The molecule has 2 aromatic carbocycles. The van der Waals surface area contributed by atoms with Gasteiger partial charge in [-0.05, 0) is 43.1 Å². The molecule has 0 radical (unpaired) electrons. The zero-order chi connectivity index (χ0) is 25.3. The van der Waals surface area contributed by atoms with Crippen LogP contribution < -0.4 is 0 Å². The minimum atomic E-state index is -1.90. The Morgan fingerprint density at radius 3 is 2.11 bits per heavy atom. The fourth-order valence-electron chi connectivity index (χ4n) is 4.73. The van der Waals surface area contributed by atoms with Gasteiger partial charge < -0.3 is 18.6 Å². The van der Waals surface area contributed by atoms with Gasteiger partial charge in [0.15, 0.2) is 14.1 Å². The zero-order valence-corrected chi connectivity index (χ0v) is 23.5. The van der Waals surface area contributed by atoms with Crippen molar-refractivity contribution in [2.24, 2.45) is 0 Å². The molecule has 2 aliphatic rings. The molecule has 35 heavy (non-hydrogen) atoms. The molecule has 4 rings (SSSR count). The van der Waals surface area contributed by atoms with Crippen LogP contribution in [0.1, 0.15) is 45.7 Å². The molecule has 0 unspecified atom stereocenters. The summed E-state index contributed by atoms with van der Waals surface area (Å²) in [5, 5.41) is 0.160. The minimum absolute atomic E-state index is 0.00573. The number of ether oxygens (including phenoxy) is 3. The second-order valence-corrected chi connectivity index (χ2v) is 16.7. The van der Waals surface area contributed by atoms with Gasteiger partial charge in [0.1, 0.15) is 6.10 Å². The van der Waals surface area contributed by atoms with Crippen molar-refractivity contribution in [2.75, 3.05) is 13.2 Å². The highest BCUT2D eigenvalue weighted by Crippen LogP contribution is 2.41. The molecule has 4 atom stereocenters. The highest BCUT2D eigenvalue weighted by atomic mass is 28.4. The Labute approximate surface area is 212 Å². The number of nitrogens with zero attached hydrogens (tertiary/aromatic N) is 1. The molecule has 6 heteroatoms. The van der Waals surface area contributed by atoms with Gasteiger partial charge in [-0.3, -0.25) is 4.90 Å². The largest absolute Gasteiger partial charge is 0.415 e. The first-order valence-corrected chi connectivity index (χ1v) is 15.8. The molecular formula is C29H43NO4Si. The van der Waals surface area contributed by atoms with Crippen LogP contribution in [0.2, 0.25) is 18.1 Å². The normalized spacial score (nSPS) is 27.1. The predicted molar refractivity (Wildman–Crippen MR) is 143 cm³/mol. The molecule has 0 aromatic heterocycles. The van der Waals surface area contributed by atoms with Crippen molar-refractivity contribution in [3.8, 4) is 0 Å². The van der Waals surface area contributed by atoms with Crippen LogP contribution in [0.25, 0.3) is 0 Å². The molecule has 2 saturated heterocycles. The van der Waals surface area contributed by atoms with Crippen LogP contribution in [-0.2, 0) is 31.8 Å². The van der Waals surface area contributed by atoms with Crippen molar-refractivity contribution >= 4 is 8.32 Å². The van der Waals surface area contributed by atoms with E-state index in [-0.39, 0.29) is 29.3 Å². The Hall–Kier alpha value is -1.54. The predicted octanol–water partition coefficient (Wildman–Crippen LogP) is 6.00. The lowest BCUT2D eigenvalue weighted by atomic mass is 9.84. The topological polar surface area (TPSA) is 40.2 Å². The van der Waals surface area contributed by atoms with Crippen LogP contribution in [0.5, 0.6) is 0 Å². The van der Waals surface area contributed by atoms with Gasteiger partial charge in [0, 0.05) is 6.54 Å². The van der Waals surface area contributed by atoms with Gasteiger partial charge in [0.25, 0.3) is 0 Å². The molecule has 2 fully saturated rings. The average molecular weight is 498 g/mol. The fourth-order valence-corrected chi connectivity index (χ4v) is 5.75. The third-order valence-electron chi connectivity index (χ3n) is 7.85. The number of hydrogen-bond donors (Lipinski definition) is 0. The van der Waals surface area contributed by atoms with Gasteiger partial charge in [-0.1, -0.05) is 81.4 Å². The summed E-state index contributed by atoms with van der Waals surface area (Å²) in [6.45, 7) is 18.1. The van der Waals surface area contributed by atoms with Crippen molar-refractivity contribution < 1.29 is 18.6 Å². The van der Waals surface area contributed by atoms with Crippen molar-refractivity contribution in [3.63, 3.8) is 0 Å². The Morgan fingerprint density at radius 1 is 0.971 bits per heavy atom. The summed E-state index contributed by atoms with van der Waals surface area (Å²) in [4.78, 5) is 2.52. The molecule has 2 aliphatic heterocycles. The standard InChI is InChI=1S/C29H43NO4Si/c1-28(2,3)35(6,7)33-20-24-27(31-19-23-16-12-9-13-17-23)26(25-21-32-29(4,5)34-25)30(24)18-22-14-10-8-11-15-22/h8-17,24-27H,18-21H2,1-7H3/t24-,25+,26-,27-/m0/s1. The Kier molecular flexibility index (Phi) is 7.91. The van der Waals surface area contributed by atoms with Gasteiger partial charge in [-0.2, -0.15) is 0 Å². The molecule has 192 valence electrons. The van der Waals surface area contributed by atoms with Crippen LogP contribution in [0.4, 0.5) is 0 Å². The monoisotopic (exact) mass is 497 g/mol. The maximum Gasteiger partial charge on any atom is 0.192 e. The lowest BCUT2D eigenvalue weighted by Crippen LogP contribution is -2.73.